The molecule has 0 saturated heterocycles. The van der Waals surface area contributed by atoms with Gasteiger partial charge in [-0.15, -0.1) is 0 Å². The van der Waals surface area contributed by atoms with Crippen LogP contribution < -0.4 is 10.5 Å². The molecule has 0 bridgehead atoms. The van der Waals surface area contributed by atoms with Gasteiger partial charge < -0.3 is 10.5 Å². The maximum absolute atomic E-state index is 6.00. The lowest BCUT2D eigenvalue weighted by molar-refractivity contribution is 0.200. The van der Waals surface area contributed by atoms with Crippen LogP contribution in [0.4, 0.5) is 0 Å². The molecule has 15 heavy (non-hydrogen) atoms. The van der Waals surface area contributed by atoms with Crippen molar-refractivity contribution in [2.24, 2.45) is 5.73 Å². The van der Waals surface area contributed by atoms with Crippen LogP contribution in [0.1, 0.15) is 19.3 Å². The molecule has 0 amide bonds. The van der Waals surface area contributed by atoms with Gasteiger partial charge in [-0.25, -0.2) is 4.98 Å². The molecule has 2 unspecified atom stereocenters. The molecular formula is C10H12BrClN2O. The van der Waals surface area contributed by atoms with E-state index in [0.717, 1.165) is 23.7 Å². The minimum atomic E-state index is 0.158. The van der Waals surface area contributed by atoms with Crippen molar-refractivity contribution in [1.82, 2.24) is 4.98 Å². The van der Waals surface area contributed by atoms with E-state index in [9.17, 15) is 0 Å². The van der Waals surface area contributed by atoms with Crippen LogP contribution in [0.2, 0.25) is 5.02 Å². The Morgan fingerprint density at radius 2 is 2.33 bits per heavy atom. The van der Waals surface area contributed by atoms with Gasteiger partial charge in [0.25, 0.3) is 0 Å². The maximum atomic E-state index is 6.00. The molecule has 2 rings (SSSR count). The first-order valence-electron chi connectivity index (χ1n) is 4.88. The van der Waals surface area contributed by atoms with E-state index in [0.29, 0.717) is 10.9 Å². The third-order valence-electron chi connectivity index (χ3n) is 2.48. The van der Waals surface area contributed by atoms with Crippen LogP contribution in [-0.4, -0.2) is 17.1 Å². The Morgan fingerprint density at radius 1 is 1.53 bits per heavy atom. The molecule has 1 fully saturated rings. The monoisotopic (exact) mass is 290 g/mol. The van der Waals surface area contributed by atoms with Crippen molar-refractivity contribution in [3.8, 4) is 5.88 Å². The minimum absolute atomic E-state index is 0.158. The quantitative estimate of drug-likeness (QED) is 0.911. The number of aromatic nitrogens is 1. The molecule has 1 aromatic heterocycles. The number of rotatable bonds is 2. The second-order valence-corrected chi connectivity index (χ2v) is 5.08. The van der Waals surface area contributed by atoms with Gasteiger partial charge in [0, 0.05) is 16.7 Å². The standard InChI is InChI=1S/C10H12BrClN2O/c11-6-3-9(12)10(14-5-6)15-8-2-1-7(13)4-8/h3,5,7-8H,1-2,4,13H2. The molecular weight excluding hydrogens is 279 g/mol. The highest BCUT2D eigenvalue weighted by molar-refractivity contribution is 9.10. The SMILES string of the molecule is NC1CCC(Oc2ncc(Br)cc2Cl)C1. The fourth-order valence-corrected chi connectivity index (χ4v) is 2.40. The molecule has 1 aromatic rings. The second kappa shape index (κ2) is 4.68. The van der Waals surface area contributed by atoms with Crippen LogP contribution in [0, 0.1) is 0 Å². The van der Waals surface area contributed by atoms with Gasteiger partial charge in [0.05, 0.1) is 0 Å². The summed E-state index contributed by atoms with van der Waals surface area (Å²) in [5, 5.41) is 0.532. The Balaban J connectivity index is 2.04. The van der Waals surface area contributed by atoms with Crippen LogP contribution in [0.15, 0.2) is 16.7 Å². The lowest BCUT2D eigenvalue weighted by Gasteiger charge is -2.13. The third-order valence-corrected chi connectivity index (χ3v) is 3.18. The van der Waals surface area contributed by atoms with Crippen molar-refractivity contribution in [3.05, 3.63) is 21.8 Å². The number of nitrogens with two attached hydrogens (primary N) is 1. The normalized spacial score (nSPS) is 25.5. The summed E-state index contributed by atoms with van der Waals surface area (Å²) in [5.74, 6) is 0.499. The van der Waals surface area contributed by atoms with Gasteiger partial charge in [-0.2, -0.15) is 0 Å². The first-order valence-corrected chi connectivity index (χ1v) is 6.05. The number of hydrogen-bond acceptors (Lipinski definition) is 3. The van der Waals surface area contributed by atoms with Gasteiger partial charge in [0.1, 0.15) is 11.1 Å². The number of hydrogen-bond donors (Lipinski definition) is 1. The molecule has 82 valence electrons. The number of nitrogens with zero attached hydrogens (tertiary/aromatic N) is 1. The Bertz CT molecular complexity index is 361. The minimum Gasteiger partial charge on any atom is -0.473 e. The molecule has 0 aliphatic heterocycles. The average molecular weight is 292 g/mol. The Labute approximate surface area is 102 Å². The van der Waals surface area contributed by atoms with E-state index in [1.165, 1.54) is 0 Å². The average Bonchev–Trinajstić information content (AvgIpc) is 2.56. The predicted molar refractivity (Wildman–Crippen MR) is 63.2 cm³/mol. The molecule has 1 aliphatic rings. The Kier molecular flexibility index (Phi) is 3.49. The summed E-state index contributed by atoms with van der Waals surface area (Å²) in [6, 6.07) is 2.03. The zero-order valence-corrected chi connectivity index (χ0v) is 10.5. The topological polar surface area (TPSA) is 48.1 Å². The van der Waals surface area contributed by atoms with Crippen LogP contribution >= 0.6 is 27.5 Å². The summed E-state index contributed by atoms with van der Waals surface area (Å²) in [5.41, 5.74) is 5.80. The van der Waals surface area contributed by atoms with E-state index in [2.05, 4.69) is 20.9 Å². The van der Waals surface area contributed by atoms with Gasteiger partial charge >= 0.3 is 0 Å². The zero-order chi connectivity index (χ0) is 10.8. The molecule has 0 aromatic carbocycles. The van der Waals surface area contributed by atoms with Gasteiger partial charge in [-0.05, 0) is 41.3 Å². The highest BCUT2D eigenvalue weighted by Gasteiger charge is 2.24. The summed E-state index contributed by atoms with van der Waals surface area (Å²) in [6.07, 6.45) is 4.71. The van der Waals surface area contributed by atoms with Crippen molar-refractivity contribution >= 4 is 27.5 Å². The predicted octanol–water partition coefficient (Wildman–Crippen LogP) is 2.76. The van der Waals surface area contributed by atoms with Crippen LogP contribution in [0.25, 0.3) is 0 Å². The Hall–Kier alpha value is -0.320. The highest BCUT2D eigenvalue weighted by Crippen LogP contribution is 2.29. The van der Waals surface area contributed by atoms with Gasteiger partial charge in [0.15, 0.2) is 0 Å². The highest BCUT2D eigenvalue weighted by atomic mass is 79.9. The van der Waals surface area contributed by atoms with Crippen molar-refractivity contribution in [1.29, 1.82) is 0 Å². The third kappa shape index (κ3) is 2.83. The number of pyridine rings is 1. The first kappa shape index (κ1) is 11.2. The van der Waals surface area contributed by atoms with E-state index < -0.39 is 0 Å². The molecule has 0 radical (unpaired) electrons. The molecule has 1 aliphatic carbocycles. The van der Waals surface area contributed by atoms with E-state index in [4.69, 9.17) is 22.1 Å². The number of halogens is 2. The van der Waals surface area contributed by atoms with E-state index in [1.54, 1.807) is 12.3 Å². The van der Waals surface area contributed by atoms with Gasteiger partial charge in [-0.1, -0.05) is 11.6 Å². The van der Waals surface area contributed by atoms with Crippen molar-refractivity contribution in [2.75, 3.05) is 0 Å². The summed E-state index contributed by atoms with van der Waals surface area (Å²) < 4.78 is 6.54. The first-order chi connectivity index (χ1) is 7.15. The summed E-state index contributed by atoms with van der Waals surface area (Å²) >= 11 is 9.29. The summed E-state index contributed by atoms with van der Waals surface area (Å²) in [6.45, 7) is 0. The van der Waals surface area contributed by atoms with Crippen LogP contribution in [0.5, 0.6) is 5.88 Å². The zero-order valence-electron chi connectivity index (χ0n) is 8.12. The van der Waals surface area contributed by atoms with Crippen LogP contribution in [0.3, 0.4) is 0 Å². The van der Waals surface area contributed by atoms with Gasteiger partial charge in [-0.3, -0.25) is 0 Å². The van der Waals surface area contributed by atoms with Gasteiger partial charge in [0.2, 0.25) is 5.88 Å². The molecule has 0 spiro atoms. The van der Waals surface area contributed by atoms with E-state index in [1.807, 2.05) is 0 Å². The fraction of sp³-hybridized carbons (Fsp3) is 0.500. The van der Waals surface area contributed by atoms with Crippen LogP contribution in [-0.2, 0) is 0 Å². The molecule has 3 nitrogen and oxygen atoms in total. The van der Waals surface area contributed by atoms with Crippen molar-refractivity contribution < 1.29 is 4.74 Å². The van der Waals surface area contributed by atoms with Crippen molar-refractivity contribution in [2.45, 2.75) is 31.4 Å². The second-order valence-electron chi connectivity index (χ2n) is 3.75. The Morgan fingerprint density at radius 3 is 2.93 bits per heavy atom. The van der Waals surface area contributed by atoms with Crippen molar-refractivity contribution in [3.63, 3.8) is 0 Å². The number of ether oxygens (including phenoxy) is 1. The maximum Gasteiger partial charge on any atom is 0.232 e. The smallest absolute Gasteiger partial charge is 0.232 e. The molecule has 2 atom stereocenters. The molecule has 1 heterocycles. The summed E-state index contributed by atoms with van der Waals surface area (Å²) in [4.78, 5) is 4.12. The summed E-state index contributed by atoms with van der Waals surface area (Å²) in [7, 11) is 0. The lowest BCUT2D eigenvalue weighted by Crippen LogP contribution is -2.19. The largest absolute Gasteiger partial charge is 0.473 e. The fourth-order valence-electron chi connectivity index (χ4n) is 1.73. The van der Waals surface area contributed by atoms with E-state index >= 15 is 0 Å². The molecule has 2 N–H and O–H groups in total. The van der Waals surface area contributed by atoms with E-state index in [-0.39, 0.29) is 12.1 Å². The molecule has 5 heteroatoms. The lowest BCUT2D eigenvalue weighted by atomic mass is 10.3. The molecule has 1 saturated carbocycles.